The van der Waals surface area contributed by atoms with Gasteiger partial charge in [-0.25, -0.2) is 9.97 Å². The van der Waals surface area contributed by atoms with E-state index in [2.05, 4.69) is 180 Å². The highest BCUT2D eigenvalue weighted by Crippen LogP contribution is 2.35. The van der Waals surface area contributed by atoms with E-state index in [9.17, 15) is 0 Å². The van der Waals surface area contributed by atoms with E-state index in [4.69, 9.17) is 9.97 Å². The van der Waals surface area contributed by atoms with Gasteiger partial charge in [0, 0.05) is 33.3 Å². The van der Waals surface area contributed by atoms with Gasteiger partial charge in [0.1, 0.15) is 0 Å². The quantitative estimate of drug-likeness (QED) is 0.204. The van der Waals surface area contributed by atoms with Crippen molar-refractivity contribution in [3.8, 4) is 11.1 Å². The average molecular weight is 629 g/mol. The smallest absolute Gasteiger partial charge is 0.0879 e. The van der Waals surface area contributed by atoms with Gasteiger partial charge in [-0.05, 0) is 77.2 Å². The number of nitrogens with zero attached hydrogens (tertiary/aromatic N) is 2. The Bertz CT molecular complexity index is 2540. The van der Waals surface area contributed by atoms with E-state index in [1.165, 1.54) is 0 Å². The predicted molar refractivity (Wildman–Crippen MR) is 204 cm³/mol. The summed E-state index contributed by atoms with van der Waals surface area (Å²) in [5, 5.41) is 0. The molecule has 6 aromatic rings. The van der Waals surface area contributed by atoms with Crippen LogP contribution in [0.5, 0.6) is 0 Å². The van der Waals surface area contributed by atoms with E-state index in [0.29, 0.717) is 0 Å². The van der Waals surface area contributed by atoms with E-state index in [1.54, 1.807) is 0 Å². The zero-order chi connectivity index (χ0) is 32.6. The van der Waals surface area contributed by atoms with Crippen molar-refractivity contribution in [2.75, 3.05) is 0 Å². The second-order valence-corrected chi connectivity index (χ2v) is 12.4. The van der Waals surface area contributed by atoms with Crippen molar-refractivity contribution >= 4 is 50.9 Å². The highest BCUT2D eigenvalue weighted by Gasteiger charge is 2.18. The molecule has 2 aliphatic heterocycles. The molecule has 0 unspecified atom stereocenters. The fourth-order valence-electron chi connectivity index (χ4n) is 6.75. The summed E-state index contributed by atoms with van der Waals surface area (Å²) < 4.78 is 0. The number of H-pyrrole nitrogens is 2. The fraction of sp³-hybridized carbons (Fsp3) is 0.0222. The summed E-state index contributed by atoms with van der Waals surface area (Å²) in [5.41, 5.74) is 16.5. The summed E-state index contributed by atoms with van der Waals surface area (Å²) in [6.45, 7) is 0. The van der Waals surface area contributed by atoms with Gasteiger partial charge in [-0.2, -0.15) is 0 Å². The van der Waals surface area contributed by atoms with E-state index in [0.717, 1.165) is 95.8 Å². The fourth-order valence-corrected chi connectivity index (χ4v) is 6.75. The molecule has 49 heavy (non-hydrogen) atoms. The molecule has 0 fully saturated rings. The molecule has 0 spiro atoms. The first-order chi connectivity index (χ1) is 24.3. The minimum absolute atomic E-state index is 0.896. The molecular weight excluding hydrogens is 597 g/mol. The van der Waals surface area contributed by atoms with Gasteiger partial charge in [-0.15, -0.1) is 0 Å². The zero-order valence-electron chi connectivity index (χ0n) is 26.8. The van der Waals surface area contributed by atoms with Crippen LogP contribution in [0.25, 0.3) is 62.1 Å². The third-order valence-electron chi connectivity index (χ3n) is 9.21. The number of fused-ring (bicyclic) bond motifs is 10. The predicted octanol–water partition coefficient (Wildman–Crippen LogP) is 11.1. The molecule has 1 aliphatic carbocycles. The maximum absolute atomic E-state index is 5.24. The molecule has 3 aromatic carbocycles. The van der Waals surface area contributed by atoms with Gasteiger partial charge in [-0.3, -0.25) is 0 Å². The van der Waals surface area contributed by atoms with Crippen molar-refractivity contribution in [3.63, 3.8) is 0 Å². The molecule has 2 N–H and O–H groups in total. The Balaban J connectivity index is 1.37. The van der Waals surface area contributed by atoms with Crippen LogP contribution in [-0.4, -0.2) is 19.9 Å². The number of aromatic nitrogens is 4. The minimum Gasteiger partial charge on any atom is -0.353 e. The maximum atomic E-state index is 5.24. The van der Waals surface area contributed by atoms with Gasteiger partial charge in [0.25, 0.3) is 0 Å². The van der Waals surface area contributed by atoms with Crippen LogP contribution >= 0.6 is 0 Å². The van der Waals surface area contributed by atoms with Crippen LogP contribution in [0.3, 0.4) is 0 Å². The Morgan fingerprint density at radius 1 is 0.469 bits per heavy atom. The maximum Gasteiger partial charge on any atom is 0.0879 e. The average Bonchev–Trinajstić information content (AvgIpc) is 3.93. The van der Waals surface area contributed by atoms with Crippen molar-refractivity contribution in [2.45, 2.75) is 6.42 Å². The SMILES string of the molecule is C1=CCC=CC(c2cc3[nH]c2ccc2nc(c4cc(-c5ccccc5)c(ccc5nc3C=C5c3ccccc3)[nH]4)C=C2c2ccccc2)=C1. The monoisotopic (exact) mass is 628 g/mol. The van der Waals surface area contributed by atoms with Gasteiger partial charge in [0.05, 0.1) is 33.8 Å². The number of aromatic amines is 2. The van der Waals surface area contributed by atoms with Crippen molar-refractivity contribution in [1.82, 2.24) is 19.9 Å². The first-order valence-corrected chi connectivity index (χ1v) is 16.7. The van der Waals surface area contributed by atoms with Crippen LogP contribution in [0.1, 0.15) is 45.9 Å². The van der Waals surface area contributed by atoms with Crippen LogP contribution < -0.4 is 0 Å². The van der Waals surface area contributed by atoms with Gasteiger partial charge >= 0.3 is 0 Å². The highest BCUT2D eigenvalue weighted by atomic mass is 14.8. The van der Waals surface area contributed by atoms with E-state index in [-0.39, 0.29) is 0 Å². The van der Waals surface area contributed by atoms with Crippen molar-refractivity contribution in [2.24, 2.45) is 0 Å². The summed E-state index contributed by atoms with van der Waals surface area (Å²) in [6, 6.07) is 44.5. The van der Waals surface area contributed by atoms with E-state index >= 15 is 0 Å². The van der Waals surface area contributed by atoms with E-state index < -0.39 is 0 Å². The second-order valence-electron chi connectivity index (χ2n) is 12.4. The van der Waals surface area contributed by atoms with Crippen molar-refractivity contribution in [1.29, 1.82) is 0 Å². The van der Waals surface area contributed by atoms with Crippen LogP contribution in [0.2, 0.25) is 0 Å². The standard InChI is InChI=1S/C45H32N4/c1-2-7-15-30(14-6-1)34-26-42-43-27-35(31-16-8-3-9-17-31)40(47-43)24-25-41-37(33-20-12-5-13-21-33)29-45(49-41)44-28-36(32-18-10-4-11-19-32)39(48-44)23-22-38(34)46-42/h1,3-29,46,49H,2H2. The van der Waals surface area contributed by atoms with Crippen LogP contribution in [-0.2, 0) is 0 Å². The Kier molecular flexibility index (Phi) is 7.17. The first kappa shape index (κ1) is 28.7. The second kappa shape index (κ2) is 12.3. The summed E-state index contributed by atoms with van der Waals surface area (Å²) in [6.07, 6.45) is 16.2. The third-order valence-corrected chi connectivity index (χ3v) is 9.21. The lowest BCUT2D eigenvalue weighted by Gasteiger charge is -2.01. The number of nitrogens with one attached hydrogen (secondary N) is 2. The van der Waals surface area contributed by atoms with E-state index in [1.807, 2.05) is 0 Å². The molecule has 3 aliphatic rings. The Hall–Kier alpha value is -6.52. The molecule has 0 saturated carbocycles. The Morgan fingerprint density at radius 2 is 0.980 bits per heavy atom. The van der Waals surface area contributed by atoms with Crippen molar-refractivity contribution in [3.05, 3.63) is 197 Å². The summed E-state index contributed by atoms with van der Waals surface area (Å²) in [7, 11) is 0. The number of benzene rings is 3. The Labute approximate surface area is 284 Å². The van der Waals surface area contributed by atoms with Crippen LogP contribution in [0.15, 0.2) is 158 Å². The molecule has 5 heterocycles. The summed E-state index contributed by atoms with van der Waals surface area (Å²) in [5.74, 6) is 0. The summed E-state index contributed by atoms with van der Waals surface area (Å²) in [4.78, 5) is 17.9. The molecule has 3 aromatic heterocycles. The molecule has 0 radical (unpaired) electrons. The molecule has 9 rings (SSSR count). The lowest BCUT2D eigenvalue weighted by atomic mass is 10.0. The van der Waals surface area contributed by atoms with Gasteiger partial charge < -0.3 is 9.97 Å². The molecule has 8 bridgehead atoms. The summed E-state index contributed by atoms with van der Waals surface area (Å²) >= 11 is 0. The number of allylic oxidation sites excluding steroid dienone is 6. The zero-order valence-corrected chi connectivity index (χ0v) is 26.8. The molecule has 4 heteroatoms. The number of hydrogen-bond donors (Lipinski definition) is 2. The molecular formula is C45H32N4. The normalized spacial score (nSPS) is 13.8. The molecule has 0 amide bonds. The molecule has 4 nitrogen and oxygen atoms in total. The number of rotatable bonds is 4. The highest BCUT2D eigenvalue weighted by molar-refractivity contribution is 5.99. The number of hydrogen-bond acceptors (Lipinski definition) is 2. The molecule has 232 valence electrons. The topological polar surface area (TPSA) is 57.4 Å². The van der Waals surface area contributed by atoms with Gasteiger partial charge in [0.2, 0.25) is 0 Å². The largest absolute Gasteiger partial charge is 0.353 e. The van der Waals surface area contributed by atoms with Gasteiger partial charge in [-0.1, -0.05) is 121 Å². The third kappa shape index (κ3) is 5.49. The van der Waals surface area contributed by atoms with Crippen molar-refractivity contribution < 1.29 is 0 Å². The lowest BCUT2D eigenvalue weighted by Crippen LogP contribution is -1.84. The molecule has 0 saturated heterocycles. The van der Waals surface area contributed by atoms with Crippen LogP contribution in [0, 0.1) is 0 Å². The van der Waals surface area contributed by atoms with Crippen LogP contribution in [0.4, 0.5) is 0 Å². The van der Waals surface area contributed by atoms with Gasteiger partial charge in [0.15, 0.2) is 0 Å². The molecule has 0 atom stereocenters. The minimum atomic E-state index is 0.896. The first-order valence-electron chi connectivity index (χ1n) is 16.7. The lowest BCUT2D eigenvalue weighted by molar-refractivity contribution is 1.30. The Morgan fingerprint density at radius 3 is 1.55 bits per heavy atom.